The Morgan fingerprint density at radius 1 is 1.00 bits per heavy atom. The van der Waals surface area contributed by atoms with Gasteiger partial charge in [-0.1, -0.05) is 49.6 Å². The minimum atomic E-state index is -0.0963. The van der Waals surface area contributed by atoms with E-state index in [0.717, 1.165) is 50.9 Å². The fraction of sp³-hybridized carbons (Fsp3) is 0.423. The Bertz CT molecular complexity index is 1160. The van der Waals surface area contributed by atoms with Gasteiger partial charge in [-0.05, 0) is 49.4 Å². The molecule has 0 bridgehead atoms. The molecule has 2 aromatic carbocycles. The molecular formula is C26H29N3O2. The summed E-state index contributed by atoms with van der Waals surface area (Å²) in [7, 11) is 0. The Hall–Kier alpha value is -2.95. The molecule has 5 heteroatoms. The van der Waals surface area contributed by atoms with Gasteiger partial charge in [-0.2, -0.15) is 0 Å². The summed E-state index contributed by atoms with van der Waals surface area (Å²) in [6.45, 7) is 1.37. The van der Waals surface area contributed by atoms with E-state index in [1.54, 1.807) is 18.2 Å². The molecule has 5 nitrogen and oxygen atoms in total. The second-order valence-electron chi connectivity index (χ2n) is 9.06. The molecule has 0 spiro atoms. The molecule has 2 aliphatic rings. The van der Waals surface area contributed by atoms with Crippen LogP contribution in [-0.4, -0.2) is 22.0 Å². The highest BCUT2D eigenvalue weighted by Crippen LogP contribution is 2.40. The highest BCUT2D eigenvalue weighted by Gasteiger charge is 2.35. The zero-order valence-corrected chi connectivity index (χ0v) is 17.9. The third-order valence-corrected chi connectivity index (χ3v) is 7.11. The van der Waals surface area contributed by atoms with Crippen molar-refractivity contribution in [3.63, 3.8) is 0 Å². The lowest BCUT2D eigenvalue weighted by Crippen LogP contribution is -2.39. The van der Waals surface area contributed by atoms with Crippen LogP contribution in [0.1, 0.15) is 66.7 Å². The lowest BCUT2D eigenvalue weighted by Gasteiger charge is -2.30. The summed E-state index contributed by atoms with van der Waals surface area (Å²) in [4.78, 5) is 30.7. The maximum Gasteiger partial charge on any atom is 0.261 e. The number of carbonyl (C=O) groups excluding carboxylic acids is 1. The molecule has 0 radical (unpaired) electrons. The van der Waals surface area contributed by atoms with E-state index in [-0.39, 0.29) is 16.9 Å². The lowest BCUT2D eigenvalue weighted by atomic mass is 9.79. The van der Waals surface area contributed by atoms with Gasteiger partial charge in [-0.3, -0.25) is 14.2 Å². The molecule has 0 atom stereocenters. The Labute approximate surface area is 182 Å². The van der Waals surface area contributed by atoms with Crippen LogP contribution in [0.5, 0.6) is 0 Å². The van der Waals surface area contributed by atoms with Gasteiger partial charge < -0.3 is 5.32 Å². The van der Waals surface area contributed by atoms with Gasteiger partial charge in [-0.15, -0.1) is 0 Å². The summed E-state index contributed by atoms with van der Waals surface area (Å²) in [5, 5.41) is 3.78. The molecular weight excluding hydrogens is 386 g/mol. The molecule has 1 amide bonds. The Kier molecular flexibility index (Phi) is 5.34. The van der Waals surface area contributed by atoms with Gasteiger partial charge in [0.1, 0.15) is 5.82 Å². The molecule has 1 aromatic heterocycles. The molecule has 1 saturated carbocycles. The van der Waals surface area contributed by atoms with E-state index in [0.29, 0.717) is 23.0 Å². The van der Waals surface area contributed by atoms with Crippen molar-refractivity contribution >= 4 is 16.8 Å². The number of benzene rings is 2. The first-order valence-electron chi connectivity index (χ1n) is 11.5. The van der Waals surface area contributed by atoms with Crippen LogP contribution in [0.2, 0.25) is 0 Å². The van der Waals surface area contributed by atoms with Gasteiger partial charge in [0, 0.05) is 30.5 Å². The molecule has 1 fully saturated rings. The van der Waals surface area contributed by atoms with Crippen LogP contribution < -0.4 is 10.9 Å². The number of nitrogens with zero attached hydrogens (tertiary/aromatic N) is 2. The van der Waals surface area contributed by atoms with E-state index in [9.17, 15) is 9.59 Å². The van der Waals surface area contributed by atoms with E-state index in [4.69, 9.17) is 4.98 Å². The molecule has 31 heavy (non-hydrogen) atoms. The molecule has 3 aromatic rings. The summed E-state index contributed by atoms with van der Waals surface area (Å²) < 4.78 is 1.82. The molecule has 0 saturated heterocycles. The molecule has 1 aliphatic carbocycles. The van der Waals surface area contributed by atoms with Crippen molar-refractivity contribution in [1.29, 1.82) is 0 Å². The third-order valence-electron chi connectivity index (χ3n) is 7.11. The first-order valence-corrected chi connectivity index (χ1v) is 11.5. The van der Waals surface area contributed by atoms with Gasteiger partial charge in [0.2, 0.25) is 0 Å². The predicted molar refractivity (Wildman–Crippen MR) is 122 cm³/mol. The fourth-order valence-corrected chi connectivity index (χ4v) is 5.32. The van der Waals surface area contributed by atoms with Gasteiger partial charge in [0.15, 0.2) is 0 Å². The van der Waals surface area contributed by atoms with Gasteiger partial charge in [-0.25, -0.2) is 4.98 Å². The average molecular weight is 416 g/mol. The van der Waals surface area contributed by atoms with E-state index >= 15 is 0 Å². The van der Waals surface area contributed by atoms with Crippen LogP contribution in [0.4, 0.5) is 0 Å². The molecule has 2 heterocycles. The minimum Gasteiger partial charge on any atom is -0.351 e. The van der Waals surface area contributed by atoms with E-state index in [1.807, 2.05) is 10.6 Å². The summed E-state index contributed by atoms with van der Waals surface area (Å²) in [5.41, 5.74) is 2.54. The zero-order valence-electron chi connectivity index (χ0n) is 17.9. The van der Waals surface area contributed by atoms with Crippen LogP contribution in [-0.2, 0) is 18.4 Å². The number of aromatic nitrogens is 2. The summed E-state index contributed by atoms with van der Waals surface area (Å²) in [6, 6.07) is 15.8. The van der Waals surface area contributed by atoms with Crippen molar-refractivity contribution in [2.75, 3.05) is 6.54 Å². The SMILES string of the molecule is O=C(NCC1(c2ccccc2)CCCC1)c1ccc2c(=O)n3c(nc2c1)CCCCC3. The highest BCUT2D eigenvalue weighted by atomic mass is 16.1. The minimum absolute atomic E-state index is 0.0160. The first-order chi connectivity index (χ1) is 15.2. The summed E-state index contributed by atoms with van der Waals surface area (Å²) >= 11 is 0. The van der Waals surface area contributed by atoms with Gasteiger partial charge in [0.25, 0.3) is 11.5 Å². The smallest absolute Gasteiger partial charge is 0.261 e. The Balaban J connectivity index is 1.40. The van der Waals surface area contributed by atoms with E-state index in [2.05, 4.69) is 29.6 Å². The van der Waals surface area contributed by atoms with Gasteiger partial charge >= 0.3 is 0 Å². The Morgan fingerprint density at radius 2 is 1.81 bits per heavy atom. The molecule has 160 valence electrons. The number of fused-ring (bicyclic) bond motifs is 2. The van der Waals surface area contributed by atoms with Crippen molar-refractivity contribution in [2.24, 2.45) is 0 Å². The monoisotopic (exact) mass is 415 g/mol. The molecule has 1 N–H and O–H groups in total. The predicted octanol–water partition coefficient (Wildman–Crippen LogP) is 4.36. The maximum atomic E-state index is 13.0. The highest BCUT2D eigenvalue weighted by molar-refractivity contribution is 5.97. The normalized spacial score (nSPS) is 17.8. The summed E-state index contributed by atoms with van der Waals surface area (Å²) in [6.07, 6.45) is 8.60. The van der Waals surface area contributed by atoms with E-state index < -0.39 is 0 Å². The second-order valence-corrected chi connectivity index (χ2v) is 9.06. The zero-order chi connectivity index (χ0) is 21.3. The quantitative estimate of drug-likeness (QED) is 0.688. The number of aryl methyl sites for hydroxylation is 1. The van der Waals surface area contributed by atoms with Crippen molar-refractivity contribution in [1.82, 2.24) is 14.9 Å². The van der Waals surface area contributed by atoms with Crippen molar-refractivity contribution < 1.29 is 4.79 Å². The number of amides is 1. The topological polar surface area (TPSA) is 64.0 Å². The maximum absolute atomic E-state index is 13.0. The molecule has 1 aliphatic heterocycles. The lowest BCUT2D eigenvalue weighted by molar-refractivity contribution is 0.0943. The largest absolute Gasteiger partial charge is 0.351 e. The number of hydrogen-bond donors (Lipinski definition) is 1. The fourth-order valence-electron chi connectivity index (χ4n) is 5.32. The van der Waals surface area contributed by atoms with Crippen LogP contribution >= 0.6 is 0 Å². The summed E-state index contributed by atoms with van der Waals surface area (Å²) in [5.74, 6) is 0.752. The average Bonchev–Trinajstić information content (AvgIpc) is 3.17. The molecule has 5 rings (SSSR count). The Morgan fingerprint density at radius 3 is 2.61 bits per heavy atom. The number of rotatable bonds is 4. The number of nitrogens with one attached hydrogen (secondary N) is 1. The number of hydrogen-bond acceptors (Lipinski definition) is 3. The van der Waals surface area contributed by atoms with Gasteiger partial charge in [0.05, 0.1) is 10.9 Å². The van der Waals surface area contributed by atoms with Crippen LogP contribution in [0, 0.1) is 0 Å². The first kappa shape index (κ1) is 20.0. The van der Waals surface area contributed by atoms with Crippen molar-refractivity contribution in [2.45, 2.75) is 63.3 Å². The second kappa shape index (κ2) is 8.29. The van der Waals surface area contributed by atoms with Crippen LogP contribution in [0.15, 0.2) is 53.3 Å². The van der Waals surface area contributed by atoms with Crippen molar-refractivity contribution in [3.8, 4) is 0 Å². The standard InChI is InChI=1S/C26H29N3O2/c30-24(27-18-26(14-6-7-15-26)20-9-3-1-4-10-20)19-12-13-21-22(17-19)28-23-11-5-2-8-16-29(23)25(21)31/h1,3-4,9-10,12-13,17H,2,5-8,11,14-16,18H2,(H,27,30). The van der Waals surface area contributed by atoms with Crippen LogP contribution in [0.25, 0.3) is 10.9 Å². The van der Waals surface area contributed by atoms with E-state index in [1.165, 1.54) is 18.4 Å². The number of carbonyl (C=O) groups is 1. The van der Waals surface area contributed by atoms with Crippen LogP contribution in [0.3, 0.4) is 0 Å². The third kappa shape index (κ3) is 3.78. The molecule has 0 unspecified atom stereocenters. The van der Waals surface area contributed by atoms with Crippen molar-refractivity contribution in [3.05, 3.63) is 75.8 Å².